The number of aliphatic hydroxyl groups excluding tert-OH is 1. The number of hydrogen-bond acceptors (Lipinski definition) is 4. The zero-order chi connectivity index (χ0) is 11.4. The van der Waals surface area contributed by atoms with Gasteiger partial charge in [0.15, 0.2) is 0 Å². The van der Waals surface area contributed by atoms with E-state index in [1.54, 1.807) is 13.0 Å². The molecular weight excluding hydrogens is 198 g/mol. The fourth-order valence-electron chi connectivity index (χ4n) is 1.12. The quantitative estimate of drug-likeness (QED) is 0.669. The summed E-state index contributed by atoms with van der Waals surface area (Å²) in [6, 6.07) is 1.69. The molecule has 0 saturated heterocycles. The molecule has 1 unspecified atom stereocenters. The predicted octanol–water partition coefficient (Wildman–Crippen LogP) is -0.963. The van der Waals surface area contributed by atoms with Crippen LogP contribution in [0.25, 0.3) is 0 Å². The van der Waals surface area contributed by atoms with Crippen LogP contribution in [0.3, 0.4) is 0 Å². The van der Waals surface area contributed by atoms with E-state index in [4.69, 9.17) is 10.4 Å². The Bertz CT molecular complexity index is 495. The average molecular weight is 209 g/mol. The molecule has 1 atom stereocenters. The van der Waals surface area contributed by atoms with E-state index in [2.05, 4.69) is 0 Å². The molecule has 80 valence electrons. The van der Waals surface area contributed by atoms with Crippen molar-refractivity contribution in [2.45, 2.75) is 13.5 Å². The highest BCUT2D eigenvalue weighted by molar-refractivity contribution is 5.21. The van der Waals surface area contributed by atoms with Crippen molar-refractivity contribution < 1.29 is 5.11 Å². The molecule has 0 saturated carbocycles. The molecule has 6 nitrogen and oxygen atoms in total. The summed E-state index contributed by atoms with van der Waals surface area (Å²) >= 11 is 0. The highest BCUT2D eigenvalue weighted by Gasteiger charge is 2.06. The highest BCUT2D eigenvalue weighted by atomic mass is 16.3. The van der Waals surface area contributed by atoms with E-state index in [-0.39, 0.29) is 24.6 Å². The lowest BCUT2D eigenvalue weighted by molar-refractivity contribution is 0.221. The molecule has 0 aliphatic rings. The van der Waals surface area contributed by atoms with Gasteiger partial charge < -0.3 is 5.11 Å². The van der Waals surface area contributed by atoms with Gasteiger partial charge in [0, 0.05) is 19.3 Å². The van der Waals surface area contributed by atoms with Crippen LogP contribution in [-0.2, 0) is 6.54 Å². The molecule has 0 aliphatic carbocycles. The van der Waals surface area contributed by atoms with Gasteiger partial charge in [0.1, 0.15) is 11.6 Å². The van der Waals surface area contributed by atoms with Gasteiger partial charge in [0.25, 0.3) is 5.56 Å². The minimum Gasteiger partial charge on any atom is -0.396 e. The summed E-state index contributed by atoms with van der Waals surface area (Å²) in [4.78, 5) is 24.3. The van der Waals surface area contributed by atoms with E-state index in [9.17, 15) is 9.59 Å². The van der Waals surface area contributed by atoms with Crippen molar-refractivity contribution in [3.8, 4) is 6.07 Å². The molecule has 0 bridgehead atoms. The fourth-order valence-corrected chi connectivity index (χ4v) is 1.12. The zero-order valence-electron chi connectivity index (χ0n) is 8.23. The second-order valence-electron chi connectivity index (χ2n) is 3.35. The Hall–Kier alpha value is -1.87. The molecule has 2 N–H and O–H groups in total. The molecule has 6 heteroatoms. The molecule has 0 amide bonds. The van der Waals surface area contributed by atoms with E-state index in [0.29, 0.717) is 0 Å². The Labute approximate surface area is 85.4 Å². The second-order valence-corrected chi connectivity index (χ2v) is 3.35. The first kappa shape index (κ1) is 11.2. The van der Waals surface area contributed by atoms with Crippen LogP contribution in [0.15, 0.2) is 15.8 Å². The van der Waals surface area contributed by atoms with E-state index >= 15 is 0 Å². The molecule has 1 rings (SSSR count). The van der Waals surface area contributed by atoms with Crippen LogP contribution in [0.2, 0.25) is 0 Å². The van der Waals surface area contributed by atoms with Crippen LogP contribution in [0.5, 0.6) is 0 Å². The molecular formula is C9H11N3O3. The van der Waals surface area contributed by atoms with Crippen molar-refractivity contribution in [3.05, 3.63) is 32.6 Å². The normalized spacial score (nSPS) is 12.1. The number of aromatic amines is 1. The monoisotopic (exact) mass is 209 g/mol. The first-order valence-corrected chi connectivity index (χ1v) is 4.43. The summed E-state index contributed by atoms with van der Waals surface area (Å²) in [5.41, 5.74) is -1.37. The van der Waals surface area contributed by atoms with Gasteiger partial charge in [-0.1, -0.05) is 6.92 Å². The first-order chi connectivity index (χ1) is 7.08. The van der Waals surface area contributed by atoms with Crippen molar-refractivity contribution >= 4 is 0 Å². The summed E-state index contributed by atoms with van der Waals surface area (Å²) in [5.74, 6) is -0.111. The third kappa shape index (κ3) is 2.54. The van der Waals surface area contributed by atoms with Crippen LogP contribution >= 0.6 is 0 Å². The predicted molar refractivity (Wildman–Crippen MR) is 52.3 cm³/mol. The Morgan fingerprint density at radius 1 is 1.67 bits per heavy atom. The van der Waals surface area contributed by atoms with Gasteiger partial charge >= 0.3 is 5.69 Å². The summed E-state index contributed by atoms with van der Waals surface area (Å²) < 4.78 is 1.21. The minimum absolute atomic E-state index is 0.0621. The Morgan fingerprint density at radius 2 is 2.33 bits per heavy atom. The van der Waals surface area contributed by atoms with E-state index in [1.807, 2.05) is 4.98 Å². The molecule has 0 aliphatic heterocycles. The smallest absolute Gasteiger partial charge is 0.328 e. The number of rotatable bonds is 3. The Balaban J connectivity index is 3.15. The Kier molecular flexibility index (Phi) is 3.42. The number of hydrogen-bond donors (Lipinski definition) is 2. The number of nitrogens with zero attached hydrogens (tertiary/aromatic N) is 2. The van der Waals surface area contributed by atoms with Crippen LogP contribution in [0.4, 0.5) is 0 Å². The Morgan fingerprint density at radius 3 is 2.87 bits per heavy atom. The maximum Gasteiger partial charge on any atom is 0.328 e. The molecule has 1 heterocycles. The van der Waals surface area contributed by atoms with Crippen LogP contribution in [0.1, 0.15) is 12.5 Å². The lowest BCUT2D eigenvalue weighted by Gasteiger charge is -2.09. The molecule has 0 radical (unpaired) electrons. The van der Waals surface area contributed by atoms with Gasteiger partial charge in [0.05, 0.1) is 0 Å². The lowest BCUT2D eigenvalue weighted by atomic mass is 10.2. The number of aromatic nitrogens is 2. The maximum atomic E-state index is 11.3. The largest absolute Gasteiger partial charge is 0.396 e. The van der Waals surface area contributed by atoms with Gasteiger partial charge in [-0.15, -0.1) is 0 Å². The molecule has 1 aromatic heterocycles. The summed E-state index contributed by atoms with van der Waals surface area (Å²) in [7, 11) is 0. The van der Waals surface area contributed by atoms with Crippen LogP contribution in [-0.4, -0.2) is 21.3 Å². The summed E-state index contributed by atoms with van der Waals surface area (Å²) in [5, 5.41) is 17.4. The number of nitriles is 1. The molecule has 15 heavy (non-hydrogen) atoms. The first-order valence-electron chi connectivity index (χ1n) is 4.43. The van der Waals surface area contributed by atoms with Crippen molar-refractivity contribution in [3.63, 3.8) is 0 Å². The topological polar surface area (TPSA) is 98.9 Å². The SMILES string of the molecule is CC(CO)Cn1cc(C#N)c(=O)[nH]c1=O. The van der Waals surface area contributed by atoms with Crippen molar-refractivity contribution in [1.82, 2.24) is 9.55 Å². The lowest BCUT2D eigenvalue weighted by Crippen LogP contribution is -2.32. The van der Waals surface area contributed by atoms with Crippen molar-refractivity contribution in [2.75, 3.05) is 6.61 Å². The molecule has 0 spiro atoms. The molecule has 0 fully saturated rings. The minimum atomic E-state index is -0.685. The van der Waals surface area contributed by atoms with Crippen molar-refractivity contribution in [2.24, 2.45) is 5.92 Å². The number of nitrogens with one attached hydrogen (secondary N) is 1. The van der Waals surface area contributed by atoms with E-state index < -0.39 is 11.2 Å². The highest BCUT2D eigenvalue weighted by Crippen LogP contribution is 1.96. The van der Waals surface area contributed by atoms with E-state index in [0.717, 1.165) is 0 Å². The maximum absolute atomic E-state index is 11.3. The van der Waals surface area contributed by atoms with Gasteiger partial charge in [-0.05, 0) is 5.92 Å². The summed E-state index contributed by atoms with van der Waals surface area (Å²) in [6.07, 6.45) is 1.20. The van der Waals surface area contributed by atoms with Crippen LogP contribution < -0.4 is 11.2 Å². The van der Waals surface area contributed by atoms with Gasteiger partial charge in [-0.25, -0.2) is 4.79 Å². The fraction of sp³-hybridized carbons (Fsp3) is 0.444. The van der Waals surface area contributed by atoms with Gasteiger partial charge in [-0.3, -0.25) is 14.3 Å². The van der Waals surface area contributed by atoms with Crippen LogP contribution in [0, 0.1) is 17.2 Å². The third-order valence-electron chi connectivity index (χ3n) is 1.95. The standard InChI is InChI=1S/C9H11N3O3/c1-6(5-13)3-12-4-7(2-10)8(14)11-9(12)15/h4,6,13H,3,5H2,1H3,(H,11,14,15). The molecule has 1 aromatic rings. The number of aliphatic hydroxyl groups is 1. The van der Waals surface area contributed by atoms with Gasteiger partial charge in [0.2, 0.25) is 0 Å². The van der Waals surface area contributed by atoms with Crippen molar-refractivity contribution in [1.29, 1.82) is 5.26 Å². The third-order valence-corrected chi connectivity index (χ3v) is 1.95. The second kappa shape index (κ2) is 4.57. The summed E-state index contributed by atoms with van der Waals surface area (Å²) in [6.45, 7) is 1.96. The average Bonchev–Trinajstić information content (AvgIpc) is 2.21. The van der Waals surface area contributed by atoms with Gasteiger partial charge in [-0.2, -0.15) is 5.26 Å². The molecule has 0 aromatic carbocycles. The van der Waals surface area contributed by atoms with E-state index in [1.165, 1.54) is 10.8 Å². The zero-order valence-corrected chi connectivity index (χ0v) is 8.23. The number of H-pyrrole nitrogens is 1.